The van der Waals surface area contributed by atoms with E-state index in [1.807, 2.05) is 48.1 Å². The van der Waals surface area contributed by atoms with Crippen LogP contribution in [0.25, 0.3) is 0 Å². The maximum Gasteiger partial charge on any atom is 0.221 e. The topological polar surface area (TPSA) is 46.9 Å². The standard InChI is InChI=1S/C18H21N3O/c1-21-12-11-19-18(21)17(15-9-3-2-4-10-15)20-16(22)13-14-7-5-6-8-14/h2-5,7,9-12,14,17H,6,8,13H2,1H3,(H,20,22)/t14-,17-/m0/s1. The van der Waals surface area contributed by atoms with Gasteiger partial charge in [0.1, 0.15) is 11.9 Å². The molecule has 0 bridgehead atoms. The Kier molecular flexibility index (Phi) is 4.37. The summed E-state index contributed by atoms with van der Waals surface area (Å²) in [4.78, 5) is 16.8. The molecule has 3 rings (SSSR count). The number of hydrogen-bond acceptors (Lipinski definition) is 2. The van der Waals surface area contributed by atoms with Crippen LogP contribution in [0.5, 0.6) is 0 Å². The molecule has 1 aromatic heterocycles. The van der Waals surface area contributed by atoms with Crippen LogP contribution in [0.3, 0.4) is 0 Å². The van der Waals surface area contributed by atoms with Crippen molar-refractivity contribution >= 4 is 5.91 Å². The Morgan fingerprint density at radius 2 is 2.23 bits per heavy atom. The van der Waals surface area contributed by atoms with Gasteiger partial charge in [-0.15, -0.1) is 0 Å². The van der Waals surface area contributed by atoms with Crippen molar-refractivity contribution in [2.24, 2.45) is 13.0 Å². The molecule has 22 heavy (non-hydrogen) atoms. The summed E-state index contributed by atoms with van der Waals surface area (Å²) >= 11 is 0. The van der Waals surface area contributed by atoms with Crippen LogP contribution in [0.1, 0.15) is 36.7 Å². The number of aryl methyl sites for hydroxylation is 1. The number of carbonyl (C=O) groups is 1. The van der Waals surface area contributed by atoms with Crippen LogP contribution in [0.15, 0.2) is 54.9 Å². The SMILES string of the molecule is Cn1ccnc1[C@@H](NC(=O)C[C@H]1C=CCC1)c1ccccc1. The van der Waals surface area contributed by atoms with Crippen LogP contribution in [-0.2, 0) is 11.8 Å². The number of imidazole rings is 1. The van der Waals surface area contributed by atoms with Gasteiger partial charge in [0.15, 0.2) is 0 Å². The lowest BCUT2D eigenvalue weighted by Crippen LogP contribution is -2.31. The predicted octanol–water partition coefficient (Wildman–Crippen LogP) is 2.98. The first-order valence-corrected chi connectivity index (χ1v) is 7.72. The zero-order valence-electron chi connectivity index (χ0n) is 12.8. The van der Waals surface area contributed by atoms with Crippen LogP contribution < -0.4 is 5.32 Å². The van der Waals surface area contributed by atoms with Gasteiger partial charge in [0.25, 0.3) is 0 Å². The first-order valence-electron chi connectivity index (χ1n) is 7.72. The molecular weight excluding hydrogens is 274 g/mol. The van der Waals surface area contributed by atoms with Crippen LogP contribution >= 0.6 is 0 Å². The zero-order valence-corrected chi connectivity index (χ0v) is 12.8. The molecule has 2 atom stereocenters. The van der Waals surface area contributed by atoms with Gasteiger partial charge in [-0.1, -0.05) is 42.5 Å². The smallest absolute Gasteiger partial charge is 0.221 e. The molecule has 1 heterocycles. The van der Waals surface area contributed by atoms with Gasteiger partial charge in [-0.25, -0.2) is 4.98 Å². The van der Waals surface area contributed by atoms with Crippen molar-refractivity contribution < 1.29 is 4.79 Å². The number of carbonyl (C=O) groups excluding carboxylic acids is 1. The second-order valence-electron chi connectivity index (χ2n) is 5.78. The molecule has 1 N–H and O–H groups in total. The number of nitrogens with one attached hydrogen (secondary N) is 1. The van der Waals surface area contributed by atoms with E-state index < -0.39 is 0 Å². The molecule has 1 aromatic carbocycles. The third kappa shape index (κ3) is 3.27. The van der Waals surface area contributed by atoms with E-state index in [2.05, 4.69) is 22.5 Å². The van der Waals surface area contributed by atoms with Crippen molar-refractivity contribution in [2.45, 2.75) is 25.3 Å². The lowest BCUT2D eigenvalue weighted by molar-refractivity contribution is -0.122. The highest BCUT2D eigenvalue weighted by molar-refractivity contribution is 5.77. The normalized spacial score (nSPS) is 18.3. The molecule has 1 aliphatic carbocycles. The Morgan fingerprint density at radius 1 is 1.41 bits per heavy atom. The van der Waals surface area contributed by atoms with Gasteiger partial charge >= 0.3 is 0 Å². The van der Waals surface area contributed by atoms with Gasteiger partial charge in [-0.3, -0.25) is 4.79 Å². The molecule has 0 saturated heterocycles. The average Bonchev–Trinajstić information content (AvgIpc) is 3.17. The van der Waals surface area contributed by atoms with Crippen molar-refractivity contribution in [1.29, 1.82) is 0 Å². The monoisotopic (exact) mass is 295 g/mol. The van der Waals surface area contributed by atoms with Crippen LogP contribution in [-0.4, -0.2) is 15.5 Å². The van der Waals surface area contributed by atoms with E-state index in [4.69, 9.17) is 0 Å². The Balaban J connectivity index is 1.78. The van der Waals surface area contributed by atoms with E-state index in [0.717, 1.165) is 24.2 Å². The van der Waals surface area contributed by atoms with E-state index in [-0.39, 0.29) is 11.9 Å². The first kappa shape index (κ1) is 14.6. The van der Waals surface area contributed by atoms with Gasteiger partial charge in [0.2, 0.25) is 5.91 Å². The maximum absolute atomic E-state index is 12.4. The summed E-state index contributed by atoms with van der Waals surface area (Å²) in [6.07, 6.45) is 10.7. The lowest BCUT2D eigenvalue weighted by Gasteiger charge is -2.20. The van der Waals surface area contributed by atoms with Crippen LogP contribution in [0, 0.1) is 5.92 Å². The van der Waals surface area contributed by atoms with Crippen molar-refractivity contribution in [3.63, 3.8) is 0 Å². The largest absolute Gasteiger partial charge is 0.342 e. The molecular formula is C18H21N3O. The number of amides is 1. The summed E-state index contributed by atoms with van der Waals surface area (Å²) in [5.41, 5.74) is 1.05. The molecule has 0 radical (unpaired) electrons. The maximum atomic E-state index is 12.4. The summed E-state index contributed by atoms with van der Waals surface area (Å²) in [7, 11) is 1.95. The minimum Gasteiger partial charge on any atom is -0.342 e. The number of nitrogens with zero attached hydrogens (tertiary/aromatic N) is 2. The molecule has 2 aromatic rings. The third-order valence-electron chi connectivity index (χ3n) is 4.11. The van der Waals surface area contributed by atoms with E-state index in [1.54, 1.807) is 6.20 Å². The molecule has 4 nitrogen and oxygen atoms in total. The van der Waals surface area contributed by atoms with E-state index in [0.29, 0.717) is 12.3 Å². The summed E-state index contributed by atoms with van der Waals surface area (Å²) in [6.45, 7) is 0. The Labute approximate surface area is 130 Å². The quantitative estimate of drug-likeness (QED) is 0.862. The van der Waals surface area contributed by atoms with Gasteiger partial charge in [0, 0.05) is 25.9 Å². The number of benzene rings is 1. The van der Waals surface area contributed by atoms with Gasteiger partial charge in [0.05, 0.1) is 0 Å². The molecule has 0 saturated carbocycles. The van der Waals surface area contributed by atoms with Gasteiger partial charge in [-0.2, -0.15) is 0 Å². The Morgan fingerprint density at radius 3 is 2.86 bits per heavy atom. The van der Waals surface area contributed by atoms with Crippen molar-refractivity contribution in [1.82, 2.24) is 14.9 Å². The molecule has 0 spiro atoms. The molecule has 1 amide bonds. The molecule has 0 fully saturated rings. The first-order chi connectivity index (χ1) is 10.7. The van der Waals surface area contributed by atoms with Crippen LogP contribution in [0.4, 0.5) is 0 Å². The van der Waals surface area contributed by atoms with Crippen molar-refractivity contribution in [3.8, 4) is 0 Å². The Bertz CT molecular complexity index is 660. The highest BCUT2D eigenvalue weighted by Gasteiger charge is 2.22. The summed E-state index contributed by atoms with van der Waals surface area (Å²) in [5, 5.41) is 3.15. The lowest BCUT2D eigenvalue weighted by atomic mass is 10.0. The molecule has 0 aliphatic heterocycles. The second-order valence-corrected chi connectivity index (χ2v) is 5.78. The second kappa shape index (κ2) is 6.60. The van der Waals surface area contributed by atoms with E-state index >= 15 is 0 Å². The molecule has 0 unspecified atom stereocenters. The molecule has 1 aliphatic rings. The fraction of sp³-hybridized carbons (Fsp3) is 0.333. The number of aromatic nitrogens is 2. The number of rotatable bonds is 5. The van der Waals surface area contributed by atoms with E-state index in [1.165, 1.54) is 0 Å². The van der Waals surface area contributed by atoms with Crippen LogP contribution in [0.2, 0.25) is 0 Å². The van der Waals surface area contributed by atoms with Gasteiger partial charge < -0.3 is 9.88 Å². The minimum absolute atomic E-state index is 0.0772. The van der Waals surface area contributed by atoms with Crippen molar-refractivity contribution in [3.05, 3.63) is 66.3 Å². The highest BCUT2D eigenvalue weighted by Crippen LogP contribution is 2.23. The fourth-order valence-electron chi connectivity index (χ4n) is 2.92. The summed E-state index contributed by atoms with van der Waals surface area (Å²) < 4.78 is 1.95. The number of hydrogen-bond donors (Lipinski definition) is 1. The Hall–Kier alpha value is -2.36. The summed E-state index contributed by atoms with van der Waals surface area (Å²) in [5.74, 6) is 1.30. The molecule has 4 heteroatoms. The third-order valence-corrected chi connectivity index (χ3v) is 4.11. The zero-order chi connectivity index (χ0) is 15.4. The number of allylic oxidation sites excluding steroid dienone is 2. The highest BCUT2D eigenvalue weighted by atomic mass is 16.1. The fourth-order valence-corrected chi connectivity index (χ4v) is 2.92. The predicted molar refractivity (Wildman–Crippen MR) is 86.1 cm³/mol. The van der Waals surface area contributed by atoms with Crippen molar-refractivity contribution in [2.75, 3.05) is 0 Å². The van der Waals surface area contributed by atoms with E-state index in [9.17, 15) is 4.79 Å². The molecule has 114 valence electrons. The average molecular weight is 295 g/mol. The van der Waals surface area contributed by atoms with Gasteiger partial charge in [-0.05, 0) is 24.3 Å². The summed E-state index contributed by atoms with van der Waals surface area (Å²) in [6, 6.07) is 9.78. The minimum atomic E-state index is -0.209.